The molecule has 2 saturated heterocycles. The average molecular weight is 299 g/mol. The first-order chi connectivity index (χ1) is 9.70. The summed E-state index contributed by atoms with van der Waals surface area (Å²) in [7, 11) is 1.41. The van der Waals surface area contributed by atoms with Crippen molar-refractivity contribution in [2.24, 2.45) is 5.92 Å². The van der Waals surface area contributed by atoms with Crippen LogP contribution in [0.15, 0.2) is 0 Å². The first-order valence-electron chi connectivity index (χ1n) is 7.64. The van der Waals surface area contributed by atoms with Gasteiger partial charge in [0, 0.05) is 19.0 Å². The van der Waals surface area contributed by atoms with Crippen molar-refractivity contribution in [2.45, 2.75) is 51.0 Å². The standard InChI is InChI=1S/C15H25NO3S/c1-19-15(18)11-13-4-2-3-7-16(13)14(17)10-12-5-8-20-9-6-12/h12-13H,2-11H2,1H3. The summed E-state index contributed by atoms with van der Waals surface area (Å²) in [6, 6.07) is 0.0571. The Balaban J connectivity index is 1.88. The van der Waals surface area contributed by atoms with Gasteiger partial charge >= 0.3 is 5.97 Å². The van der Waals surface area contributed by atoms with Gasteiger partial charge < -0.3 is 9.64 Å². The van der Waals surface area contributed by atoms with Gasteiger partial charge in [-0.05, 0) is 49.5 Å². The molecule has 2 rings (SSSR count). The van der Waals surface area contributed by atoms with Crippen molar-refractivity contribution in [1.82, 2.24) is 4.90 Å². The van der Waals surface area contributed by atoms with E-state index in [-0.39, 0.29) is 17.9 Å². The van der Waals surface area contributed by atoms with E-state index in [0.717, 1.165) is 38.6 Å². The second kappa shape index (κ2) is 7.91. The van der Waals surface area contributed by atoms with Crippen LogP contribution in [0.1, 0.15) is 44.9 Å². The van der Waals surface area contributed by atoms with E-state index in [4.69, 9.17) is 4.74 Å². The molecule has 1 unspecified atom stereocenters. The number of rotatable bonds is 4. The van der Waals surface area contributed by atoms with Crippen molar-refractivity contribution in [3.63, 3.8) is 0 Å². The number of amides is 1. The summed E-state index contributed by atoms with van der Waals surface area (Å²) in [6.07, 6.45) is 6.43. The number of hydrogen-bond donors (Lipinski definition) is 0. The fraction of sp³-hybridized carbons (Fsp3) is 0.867. The maximum Gasteiger partial charge on any atom is 0.307 e. The number of carbonyl (C=O) groups excluding carboxylic acids is 2. The van der Waals surface area contributed by atoms with Gasteiger partial charge in [-0.25, -0.2) is 0 Å². The van der Waals surface area contributed by atoms with Gasteiger partial charge in [-0.15, -0.1) is 0 Å². The lowest BCUT2D eigenvalue weighted by molar-refractivity contribution is -0.144. The molecule has 114 valence electrons. The molecule has 2 aliphatic rings. The van der Waals surface area contributed by atoms with Crippen molar-refractivity contribution < 1.29 is 14.3 Å². The quantitative estimate of drug-likeness (QED) is 0.748. The minimum Gasteiger partial charge on any atom is -0.469 e. The third-order valence-corrected chi connectivity index (χ3v) is 5.43. The fourth-order valence-electron chi connectivity index (χ4n) is 3.13. The average Bonchev–Trinajstić information content (AvgIpc) is 2.48. The van der Waals surface area contributed by atoms with Crippen molar-refractivity contribution in [1.29, 1.82) is 0 Å². The summed E-state index contributed by atoms with van der Waals surface area (Å²) >= 11 is 1.99. The van der Waals surface area contributed by atoms with E-state index in [0.29, 0.717) is 18.8 Å². The molecule has 0 N–H and O–H groups in total. The van der Waals surface area contributed by atoms with E-state index < -0.39 is 0 Å². The van der Waals surface area contributed by atoms with E-state index in [1.807, 2.05) is 16.7 Å². The van der Waals surface area contributed by atoms with Crippen LogP contribution in [0.5, 0.6) is 0 Å². The summed E-state index contributed by atoms with van der Waals surface area (Å²) < 4.78 is 4.75. The Morgan fingerprint density at radius 2 is 1.90 bits per heavy atom. The first-order valence-corrected chi connectivity index (χ1v) is 8.80. The topological polar surface area (TPSA) is 46.6 Å². The van der Waals surface area contributed by atoms with Crippen LogP contribution in [0.2, 0.25) is 0 Å². The Kier molecular flexibility index (Phi) is 6.20. The normalized spacial score (nSPS) is 24.4. The number of esters is 1. The Morgan fingerprint density at radius 3 is 2.60 bits per heavy atom. The van der Waals surface area contributed by atoms with Gasteiger partial charge in [0.25, 0.3) is 0 Å². The highest BCUT2D eigenvalue weighted by molar-refractivity contribution is 7.99. The lowest BCUT2D eigenvalue weighted by Crippen LogP contribution is -2.45. The molecule has 2 fully saturated rings. The Hall–Kier alpha value is -0.710. The van der Waals surface area contributed by atoms with E-state index in [2.05, 4.69) is 0 Å². The molecular weight excluding hydrogens is 274 g/mol. The monoisotopic (exact) mass is 299 g/mol. The minimum atomic E-state index is -0.205. The highest BCUT2D eigenvalue weighted by Gasteiger charge is 2.30. The molecule has 0 radical (unpaired) electrons. The van der Waals surface area contributed by atoms with E-state index >= 15 is 0 Å². The van der Waals surface area contributed by atoms with Gasteiger partial charge in [0.1, 0.15) is 0 Å². The minimum absolute atomic E-state index is 0.0571. The van der Waals surface area contributed by atoms with Crippen molar-refractivity contribution in [2.75, 3.05) is 25.2 Å². The van der Waals surface area contributed by atoms with Crippen LogP contribution in [-0.2, 0) is 14.3 Å². The summed E-state index contributed by atoms with van der Waals surface area (Å²) in [4.78, 5) is 25.9. The molecule has 0 aromatic heterocycles. The summed E-state index contributed by atoms with van der Waals surface area (Å²) in [5.41, 5.74) is 0. The molecule has 4 nitrogen and oxygen atoms in total. The third kappa shape index (κ3) is 4.40. The van der Waals surface area contributed by atoms with Crippen LogP contribution in [0.3, 0.4) is 0 Å². The number of ether oxygens (including phenoxy) is 1. The highest BCUT2D eigenvalue weighted by atomic mass is 32.2. The SMILES string of the molecule is COC(=O)CC1CCCCN1C(=O)CC1CCSCC1. The maximum absolute atomic E-state index is 12.5. The number of nitrogens with zero attached hydrogens (tertiary/aromatic N) is 1. The van der Waals surface area contributed by atoms with Crippen molar-refractivity contribution in [3.05, 3.63) is 0 Å². The van der Waals surface area contributed by atoms with Gasteiger partial charge in [-0.2, -0.15) is 11.8 Å². The zero-order valence-corrected chi connectivity index (χ0v) is 13.1. The first kappa shape index (κ1) is 15.7. The van der Waals surface area contributed by atoms with Gasteiger partial charge in [-0.3, -0.25) is 9.59 Å². The Morgan fingerprint density at radius 1 is 1.15 bits per heavy atom. The maximum atomic E-state index is 12.5. The van der Waals surface area contributed by atoms with Gasteiger partial charge in [0.15, 0.2) is 0 Å². The molecular formula is C15H25NO3S. The number of thioether (sulfide) groups is 1. The molecule has 20 heavy (non-hydrogen) atoms. The Labute approximate surface area is 125 Å². The molecule has 0 spiro atoms. The molecule has 0 bridgehead atoms. The van der Waals surface area contributed by atoms with Crippen molar-refractivity contribution in [3.8, 4) is 0 Å². The molecule has 0 aromatic carbocycles. The zero-order chi connectivity index (χ0) is 14.4. The predicted octanol–water partition coefficient (Wildman–Crippen LogP) is 2.46. The summed E-state index contributed by atoms with van der Waals surface area (Å²) in [6.45, 7) is 0.808. The smallest absolute Gasteiger partial charge is 0.307 e. The third-order valence-electron chi connectivity index (χ3n) is 4.38. The molecule has 0 aliphatic carbocycles. The molecule has 1 amide bonds. The molecule has 0 saturated carbocycles. The number of methoxy groups -OCH3 is 1. The van der Waals surface area contributed by atoms with Crippen LogP contribution in [0.4, 0.5) is 0 Å². The lowest BCUT2D eigenvalue weighted by Gasteiger charge is -2.36. The molecule has 1 atom stereocenters. The predicted molar refractivity (Wildman–Crippen MR) is 80.7 cm³/mol. The van der Waals surface area contributed by atoms with E-state index in [1.165, 1.54) is 18.6 Å². The summed E-state index contributed by atoms with van der Waals surface area (Å²) in [5, 5.41) is 0. The largest absolute Gasteiger partial charge is 0.469 e. The van der Waals surface area contributed by atoms with Crippen LogP contribution in [0, 0.1) is 5.92 Å². The van der Waals surface area contributed by atoms with Gasteiger partial charge in [-0.1, -0.05) is 0 Å². The lowest BCUT2D eigenvalue weighted by atomic mass is 9.94. The van der Waals surface area contributed by atoms with Crippen molar-refractivity contribution >= 4 is 23.6 Å². The van der Waals surface area contributed by atoms with E-state index in [9.17, 15) is 9.59 Å². The molecule has 5 heteroatoms. The fourth-order valence-corrected chi connectivity index (χ4v) is 4.34. The highest BCUT2D eigenvalue weighted by Crippen LogP contribution is 2.28. The zero-order valence-electron chi connectivity index (χ0n) is 12.3. The van der Waals surface area contributed by atoms with Gasteiger partial charge in [0.2, 0.25) is 5.91 Å². The van der Waals surface area contributed by atoms with Crippen LogP contribution in [-0.4, -0.2) is 48.0 Å². The van der Waals surface area contributed by atoms with Crippen LogP contribution in [0.25, 0.3) is 0 Å². The Bertz CT molecular complexity index is 342. The second-order valence-corrected chi connectivity index (χ2v) is 7.00. The van der Waals surface area contributed by atoms with Gasteiger partial charge in [0.05, 0.1) is 13.5 Å². The molecule has 2 heterocycles. The summed E-state index contributed by atoms with van der Waals surface area (Å²) in [5.74, 6) is 2.95. The number of piperidine rings is 1. The molecule has 2 aliphatic heterocycles. The van der Waals surface area contributed by atoms with Crippen LogP contribution >= 0.6 is 11.8 Å². The number of hydrogen-bond acceptors (Lipinski definition) is 4. The second-order valence-electron chi connectivity index (χ2n) is 5.78. The number of carbonyl (C=O) groups is 2. The molecule has 0 aromatic rings. The number of likely N-dealkylation sites (tertiary alicyclic amines) is 1. The van der Waals surface area contributed by atoms with Crippen LogP contribution < -0.4 is 0 Å². The van der Waals surface area contributed by atoms with E-state index in [1.54, 1.807) is 0 Å².